The number of fused-ring (bicyclic) bond motifs is 1. The Kier molecular flexibility index (Phi) is 5.67. The van der Waals surface area contributed by atoms with Crippen molar-refractivity contribution in [2.45, 2.75) is 43.5 Å². The van der Waals surface area contributed by atoms with Gasteiger partial charge in [0.15, 0.2) is 5.13 Å². The van der Waals surface area contributed by atoms with Crippen LogP contribution in [0.4, 0.5) is 5.13 Å². The van der Waals surface area contributed by atoms with Gasteiger partial charge in [0.25, 0.3) is 0 Å². The number of aryl methyl sites for hydroxylation is 1. The molecule has 1 saturated heterocycles. The number of anilines is 1. The minimum Gasteiger partial charge on any atom is -0.302 e. The summed E-state index contributed by atoms with van der Waals surface area (Å²) >= 11 is 1.42. The summed E-state index contributed by atoms with van der Waals surface area (Å²) in [5.41, 5.74) is 1.85. The molecule has 1 aromatic heterocycles. The predicted octanol–water partition coefficient (Wildman–Crippen LogP) is 4.18. The van der Waals surface area contributed by atoms with Gasteiger partial charge in [-0.05, 0) is 44.0 Å². The molecule has 6 nitrogen and oxygen atoms in total. The molecule has 0 radical (unpaired) electrons. The quantitative estimate of drug-likeness (QED) is 0.660. The molecule has 1 N–H and O–H groups in total. The Morgan fingerprint density at radius 2 is 1.93 bits per heavy atom. The van der Waals surface area contributed by atoms with E-state index in [0.717, 1.165) is 28.6 Å². The van der Waals surface area contributed by atoms with Crippen LogP contribution in [0.15, 0.2) is 53.4 Å². The molecule has 4 rings (SSSR count). The van der Waals surface area contributed by atoms with E-state index in [1.54, 1.807) is 24.3 Å². The maximum atomic E-state index is 13.2. The van der Waals surface area contributed by atoms with E-state index in [1.165, 1.54) is 15.6 Å². The van der Waals surface area contributed by atoms with E-state index in [0.29, 0.717) is 18.1 Å². The van der Waals surface area contributed by atoms with E-state index < -0.39 is 10.0 Å². The first kappa shape index (κ1) is 20.0. The predicted molar refractivity (Wildman–Crippen MR) is 116 cm³/mol. The van der Waals surface area contributed by atoms with Gasteiger partial charge < -0.3 is 5.32 Å². The van der Waals surface area contributed by atoms with Gasteiger partial charge in [0, 0.05) is 19.0 Å². The molecule has 0 unspecified atom stereocenters. The van der Waals surface area contributed by atoms with Crippen molar-refractivity contribution >= 4 is 42.6 Å². The summed E-state index contributed by atoms with van der Waals surface area (Å²) in [6.45, 7) is 2.36. The lowest BCUT2D eigenvalue weighted by Gasteiger charge is -2.34. The minimum atomic E-state index is -3.63. The number of hydrogen-bond acceptors (Lipinski definition) is 5. The fourth-order valence-corrected chi connectivity index (χ4v) is 6.22. The first-order chi connectivity index (χ1) is 13.9. The zero-order valence-electron chi connectivity index (χ0n) is 16.2. The van der Waals surface area contributed by atoms with E-state index in [1.807, 2.05) is 31.2 Å². The van der Waals surface area contributed by atoms with Gasteiger partial charge in [-0.3, -0.25) is 4.79 Å². The largest absolute Gasteiger partial charge is 0.302 e. The van der Waals surface area contributed by atoms with Gasteiger partial charge >= 0.3 is 0 Å². The Morgan fingerprint density at radius 3 is 2.69 bits per heavy atom. The fourth-order valence-electron chi connectivity index (χ4n) is 3.65. The van der Waals surface area contributed by atoms with Crippen LogP contribution in [0.1, 0.15) is 31.2 Å². The SMILES string of the molecule is Cc1ccc(S(=O)(=O)N2CCCC[C@@H]2CC(=O)Nc2nc3ccccc3s2)cc1. The van der Waals surface area contributed by atoms with Crippen LogP contribution >= 0.6 is 11.3 Å². The zero-order chi connectivity index (χ0) is 20.4. The second-order valence-corrected chi connectivity index (χ2v) is 10.2. The first-order valence-corrected chi connectivity index (χ1v) is 11.9. The molecular formula is C21H23N3O3S2. The molecule has 1 atom stereocenters. The summed E-state index contributed by atoms with van der Waals surface area (Å²) in [6.07, 6.45) is 2.53. The first-order valence-electron chi connectivity index (χ1n) is 9.67. The number of sulfonamides is 1. The maximum Gasteiger partial charge on any atom is 0.243 e. The molecule has 1 aliphatic rings. The number of aromatic nitrogens is 1. The van der Waals surface area contributed by atoms with Gasteiger partial charge in [-0.1, -0.05) is 47.6 Å². The topological polar surface area (TPSA) is 79.4 Å². The second kappa shape index (κ2) is 8.22. The average Bonchev–Trinajstić information content (AvgIpc) is 3.10. The highest BCUT2D eigenvalue weighted by atomic mass is 32.2. The van der Waals surface area contributed by atoms with Crippen molar-refractivity contribution in [1.29, 1.82) is 0 Å². The molecule has 3 aromatic rings. The van der Waals surface area contributed by atoms with Gasteiger partial charge in [-0.15, -0.1) is 0 Å². The van der Waals surface area contributed by atoms with Crippen LogP contribution in [0.3, 0.4) is 0 Å². The molecule has 0 aliphatic carbocycles. The third-order valence-corrected chi connectivity index (χ3v) is 8.08. The summed E-state index contributed by atoms with van der Waals surface area (Å²) in [7, 11) is -3.63. The Balaban J connectivity index is 1.49. The number of carbonyl (C=O) groups is 1. The van der Waals surface area contributed by atoms with Crippen molar-refractivity contribution in [3.8, 4) is 0 Å². The molecule has 0 bridgehead atoms. The van der Waals surface area contributed by atoms with E-state index in [-0.39, 0.29) is 23.3 Å². The van der Waals surface area contributed by atoms with Crippen LogP contribution in [-0.2, 0) is 14.8 Å². The number of piperidine rings is 1. The van der Waals surface area contributed by atoms with Gasteiger partial charge in [-0.25, -0.2) is 13.4 Å². The Bertz CT molecular complexity index is 1090. The molecule has 1 aliphatic heterocycles. The number of nitrogens with one attached hydrogen (secondary N) is 1. The number of amides is 1. The average molecular weight is 430 g/mol. The third-order valence-electron chi connectivity index (χ3n) is 5.16. The zero-order valence-corrected chi connectivity index (χ0v) is 17.8. The highest BCUT2D eigenvalue weighted by Gasteiger charge is 2.34. The normalized spacial score (nSPS) is 18.0. The Hall–Kier alpha value is -2.29. The van der Waals surface area contributed by atoms with Gasteiger partial charge in [0.1, 0.15) is 0 Å². The van der Waals surface area contributed by atoms with E-state index in [4.69, 9.17) is 0 Å². The summed E-state index contributed by atoms with van der Waals surface area (Å²) in [5.74, 6) is -0.208. The van der Waals surface area contributed by atoms with Gasteiger partial charge in [0.2, 0.25) is 15.9 Å². The summed E-state index contributed by atoms with van der Waals surface area (Å²) in [6, 6.07) is 14.2. The molecule has 8 heteroatoms. The summed E-state index contributed by atoms with van der Waals surface area (Å²) in [5, 5.41) is 3.39. The number of para-hydroxylation sites is 1. The van der Waals surface area contributed by atoms with Crippen LogP contribution in [-0.4, -0.2) is 36.2 Å². The van der Waals surface area contributed by atoms with Gasteiger partial charge in [-0.2, -0.15) is 4.31 Å². The number of thiazole rings is 1. The number of carbonyl (C=O) groups excluding carboxylic acids is 1. The lowest BCUT2D eigenvalue weighted by molar-refractivity contribution is -0.117. The third kappa shape index (κ3) is 4.34. The molecular weight excluding hydrogens is 406 g/mol. The van der Waals surface area contributed by atoms with Crippen molar-refractivity contribution in [2.24, 2.45) is 0 Å². The molecule has 2 heterocycles. The van der Waals surface area contributed by atoms with E-state index in [9.17, 15) is 13.2 Å². The molecule has 0 spiro atoms. The molecule has 29 heavy (non-hydrogen) atoms. The molecule has 2 aromatic carbocycles. The van der Waals surface area contributed by atoms with Crippen molar-refractivity contribution in [1.82, 2.24) is 9.29 Å². The van der Waals surface area contributed by atoms with Crippen LogP contribution in [0.25, 0.3) is 10.2 Å². The van der Waals surface area contributed by atoms with Crippen molar-refractivity contribution in [3.05, 3.63) is 54.1 Å². The highest BCUT2D eigenvalue weighted by Crippen LogP contribution is 2.29. The van der Waals surface area contributed by atoms with Crippen LogP contribution in [0.5, 0.6) is 0 Å². The van der Waals surface area contributed by atoms with Crippen molar-refractivity contribution in [3.63, 3.8) is 0 Å². The number of rotatable bonds is 5. The standard InChI is InChI=1S/C21H23N3O3S2/c1-15-9-11-17(12-10-15)29(26,27)24-13-5-4-6-16(24)14-20(25)23-21-22-18-7-2-3-8-19(18)28-21/h2-3,7-12,16H,4-6,13-14H2,1H3,(H,22,23,25)/t16-/m1/s1. The molecule has 152 valence electrons. The van der Waals surface area contributed by atoms with Crippen LogP contribution in [0.2, 0.25) is 0 Å². The molecule has 1 amide bonds. The van der Waals surface area contributed by atoms with Crippen molar-refractivity contribution < 1.29 is 13.2 Å². The Morgan fingerprint density at radius 1 is 1.17 bits per heavy atom. The highest BCUT2D eigenvalue weighted by molar-refractivity contribution is 7.89. The lowest BCUT2D eigenvalue weighted by Crippen LogP contribution is -2.45. The monoisotopic (exact) mass is 429 g/mol. The Labute approximate surface area is 174 Å². The van der Waals surface area contributed by atoms with Gasteiger partial charge in [0.05, 0.1) is 15.1 Å². The van der Waals surface area contributed by atoms with E-state index >= 15 is 0 Å². The maximum absolute atomic E-state index is 13.2. The number of hydrogen-bond donors (Lipinski definition) is 1. The second-order valence-electron chi connectivity index (χ2n) is 7.32. The fraction of sp³-hybridized carbons (Fsp3) is 0.333. The van der Waals surface area contributed by atoms with Crippen LogP contribution in [0, 0.1) is 6.92 Å². The minimum absolute atomic E-state index is 0.126. The molecule has 0 saturated carbocycles. The molecule has 1 fully saturated rings. The summed E-state index contributed by atoms with van der Waals surface area (Å²) in [4.78, 5) is 17.3. The smallest absolute Gasteiger partial charge is 0.243 e. The van der Waals surface area contributed by atoms with E-state index in [2.05, 4.69) is 10.3 Å². The van der Waals surface area contributed by atoms with Crippen molar-refractivity contribution in [2.75, 3.05) is 11.9 Å². The summed E-state index contributed by atoms with van der Waals surface area (Å²) < 4.78 is 28.8. The van der Waals surface area contributed by atoms with Crippen LogP contribution < -0.4 is 5.32 Å². The lowest BCUT2D eigenvalue weighted by atomic mass is 10.0. The number of benzene rings is 2. The number of nitrogens with zero attached hydrogens (tertiary/aromatic N) is 2.